The third kappa shape index (κ3) is 2.42. The smallest absolute Gasteiger partial charge is 0.464 e. The van der Waals surface area contributed by atoms with Crippen molar-refractivity contribution in [2.75, 3.05) is 0 Å². The molecule has 1 aliphatic rings. The molecule has 96 valence electrons. The maximum atomic E-state index is 12.1. The van der Waals surface area contributed by atoms with Crippen LogP contribution in [-0.4, -0.2) is 29.1 Å². The molecular formula is C13H17BO4. The first-order chi connectivity index (χ1) is 8.42. The highest BCUT2D eigenvalue weighted by molar-refractivity contribution is 6.43. The van der Waals surface area contributed by atoms with E-state index in [1.807, 2.05) is 44.2 Å². The largest absolute Gasteiger partial charge is 0.495 e. The minimum absolute atomic E-state index is 0.367. The Balaban J connectivity index is 2.30. The van der Waals surface area contributed by atoms with Crippen molar-refractivity contribution in [3.8, 4) is 0 Å². The Hall–Kier alpha value is -1.33. The molecule has 0 radical (unpaired) electrons. The van der Waals surface area contributed by atoms with Crippen LogP contribution < -0.4 is 0 Å². The molecule has 2 rings (SSSR count). The molecule has 18 heavy (non-hydrogen) atoms. The van der Waals surface area contributed by atoms with Crippen LogP contribution in [0.5, 0.6) is 0 Å². The van der Waals surface area contributed by atoms with Crippen LogP contribution in [0.3, 0.4) is 0 Å². The monoisotopic (exact) mass is 248 g/mol. The summed E-state index contributed by atoms with van der Waals surface area (Å²) in [6.45, 7) is 3.89. The molecule has 2 atom stereocenters. The molecule has 0 aliphatic carbocycles. The number of rotatable bonds is 2. The number of carbonyl (C=O) groups is 1. The second-order valence-corrected chi connectivity index (χ2v) is 5.43. The topological polar surface area (TPSA) is 66.8 Å². The summed E-state index contributed by atoms with van der Waals surface area (Å²) in [6.07, 6.45) is 0.427. The van der Waals surface area contributed by atoms with Crippen molar-refractivity contribution >= 4 is 13.1 Å². The highest BCUT2D eigenvalue weighted by Gasteiger charge is 2.47. The third-order valence-electron chi connectivity index (χ3n) is 3.48. The number of hydrogen-bond donors (Lipinski definition) is 2. The molecule has 0 bridgehead atoms. The molecule has 4 nitrogen and oxygen atoms in total. The van der Waals surface area contributed by atoms with E-state index < -0.39 is 19.1 Å². The van der Waals surface area contributed by atoms with Crippen molar-refractivity contribution < 1.29 is 19.6 Å². The van der Waals surface area contributed by atoms with Gasteiger partial charge in [-0.05, 0) is 17.4 Å². The Morgan fingerprint density at radius 1 is 1.28 bits per heavy atom. The van der Waals surface area contributed by atoms with Crippen LogP contribution in [0.1, 0.15) is 31.7 Å². The summed E-state index contributed by atoms with van der Waals surface area (Å²) in [7, 11) is -1.62. The van der Waals surface area contributed by atoms with Gasteiger partial charge in [0.1, 0.15) is 6.00 Å². The molecule has 0 amide bonds. The number of benzene rings is 1. The van der Waals surface area contributed by atoms with Gasteiger partial charge in [-0.2, -0.15) is 0 Å². The molecule has 0 saturated carbocycles. The van der Waals surface area contributed by atoms with Gasteiger partial charge >= 0.3 is 13.1 Å². The minimum Gasteiger partial charge on any atom is -0.464 e. The van der Waals surface area contributed by atoms with Crippen LogP contribution in [0.15, 0.2) is 30.3 Å². The van der Waals surface area contributed by atoms with Crippen molar-refractivity contribution in [1.29, 1.82) is 0 Å². The van der Waals surface area contributed by atoms with E-state index in [2.05, 4.69) is 0 Å². The summed E-state index contributed by atoms with van der Waals surface area (Å²) in [5.41, 5.74) is 0.531. The summed E-state index contributed by atoms with van der Waals surface area (Å²) >= 11 is 0. The average molecular weight is 248 g/mol. The number of hydrogen-bond acceptors (Lipinski definition) is 4. The predicted molar refractivity (Wildman–Crippen MR) is 67.7 cm³/mol. The van der Waals surface area contributed by atoms with Gasteiger partial charge in [-0.15, -0.1) is 0 Å². The van der Waals surface area contributed by atoms with Crippen molar-refractivity contribution in [3.63, 3.8) is 0 Å². The molecule has 2 unspecified atom stereocenters. The second-order valence-electron chi connectivity index (χ2n) is 5.43. The van der Waals surface area contributed by atoms with Crippen LogP contribution in [0.2, 0.25) is 0 Å². The summed E-state index contributed by atoms with van der Waals surface area (Å²) in [6, 6.07) is 8.60. The highest BCUT2D eigenvalue weighted by atomic mass is 16.6. The van der Waals surface area contributed by atoms with Crippen molar-refractivity contribution in [1.82, 2.24) is 0 Å². The number of cyclic esters (lactones) is 1. The van der Waals surface area contributed by atoms with Gasteiger partial charge in [-0.3, -0.25) is 4.79 Å². The standard InChI is InChI=1S/C13H17BO4/c1-13(2)8-10(14(16)17)18-12(15)11(13)9-6-4-3-5-7-9/h3-7,10-11,16-17H,8H2,1-2H3. The number of esters is 1. The first kappa shape index (κ1) is 13.1. The Morgan fingerprint density at radius 2 is 1.89 bits per heavy atom. The average Bonchev–Trinajstić information content (AvgIpc) is 2.28. The predicted octanol–water partition coefficient (Wildman–Crippen LogP) is 1.12. The van der Waals surface area contributed by atoms with Crippen LogP contribution in [0.4, 0.5) is 0 Å². The SMILES string of the molecule is CC1(C)CC(B(O)O)OC(=O)C1c1ccccc1. The van der Waals surface area contributed by atoms with Gasteiger partial charge in [0.15, 0.2) is 0 Å². The first-order valence-corrected chi connectivity index (χ1v) is 6.03. The first-order valence-electron chi connectivity index (χ1n) is 6.03. The van der Waals surface area contributed by atoms with E-state index in [9.17, 15) is 4.79 Å². The summed E-state index contributed by atoms with van der Waals surface area (Å²) in [5.74, 6) is -0.760. The van der Waals surface area contributed by atoms with Gasteiger partial charge in [0.2, 0.25) is 0 Å². The molecule has 1 aromatic rings. The van der Waals surface area contributed by atoms with Gasteiger partial charge < -0.3 is 14.8 Å². The molecule has 1 saturated heterocycles. The van der Waals surface area contributed by atoms with E-state index in [0.29, 0.717) is 6.42 Å². The Kier molecular flexibility index (Phi) is 3.46. The maximum absolute atomic E-state index is 12.1. The number of ether oxygens (including phenoxy) is 1. The van der Waals surface area contributed by atoms with E-state index in [0.717, 1.165) is 5.56 Å². The van der Waals surface area contributed by atoms with Gasteiger partial charge in [0, 0.05) is 0 Å². The maximum Gasteiger partial charge on any atom is 0.495 e. The Labute approximate surface area is 107 Å². The zero-order valence-electron chi connectivity index (χ0n) is 10.5. The zero-order valence-corrected chi connectivity index (χ0v) is 10.5. The van der Waals surface area contributed by atoms with Crippen LogP contribution in [-0.2, 0) is 9.53 Å². The van der Waals surface area contributed by atoms with Gasteiger partial charge in [-0.1, -0.05) is 44.2 Å². The Morgan fingerprint density at radius 3 is 2.39 bits per heavy atom. The van der Waals surface area contributed by atoms with Gasteiger partial charge in [0.05, 0.1) is 5.92 Å². The summed E-state index contributed by atoms with van der Waals surface area (Å²) in [4.78, 5) is 12.1. The third-order valence-corrected chi connectivity index (χ3v) is 3.48. The molecule has 5 heteroatoms. The zero-order chi connectivity index (χ0) is 13.3. The molecule has 2 N–H and O–H groups in total. The van der Waals surface area contributed by atoms with E-state index in [-0.39, 0.29) is 11.3 Å². The summed E-state index contributed by atoms with van der Waals surface area (Å²) in [5, 5.41) is 18.3. The lowest BCUT2D eigenvalue weighted by Crippen LogP contribution is -2.48. The minimum atomic E-state index is -1.62. The fourth-order valence-corrected chi connectivity index (χ4v) is 2.61. The quantitative estimate of drug-likeness (QED) is 0.608. The van der Waals surface area contributed by atoms with E-state index in [4.69, 9.17) is 14.8 Å². The summed E-state index contributed by atoms with van der Waals surface area (Å²) < 4.78 is 5.11. The normalized spacial score (nSPS) is 26.6. The number of carbonyl (C=O) groups excluding carboxylic acids is 1. The second kappa shape index (κ2) is 4.74. The highest BCUT2D eigenvalue weighted by Crippen LogP contribution is 2.44. The lowest BCUT2D eigenvalue weighted by molar-refractivity contribution is -0.160. The molecule has 0 spiro atoms. The van der Waals surface area contributed by atoms with Crippen LogP contribution in [0, 0.1) is 5.41 Å². The molecule has 1 aliphatic heterocycles. The molecular weight excluding hydrogens is 231 g/mol. The van der Waals surface area contributed by atoms with Gasteiger partial charge in [-0.25, -0.2) is 0 Å². The lowest BCUT2D eigenvalue weighted by Gasteiger charge is -2.40. The Bertz CT molecular complexity index is 430. The van der Waals surface area contributed by atoms with Crippen molar-refractivity contribution in [2.45, 2.75) is 32.2 Å². The molecule has 1 heterocycles. The van der Waals surface area contributed by atoms with E-state index >= 15 is 0 Å². The molecule has 1 aromatic carbocycles. The van der Waals surface area contributed by atoms with E-state index in [1.54, 1.807) is 0 Å². The van der Waals surface area contributed by atoms with Crippen molar-refractivity contribution in [3.05, 3.63) is 35.9 Å². The van der Waals surface area contributed by atoms with E-state index in [1.165, 1.54) is 0 Å². The fraction of sp³-hybridized carbons (Fsp3) is 0.462. The van der Waals surface area contributed by atoms with Gasteiger partial charge in [0.25, 0.3) is 0 Å². The van der Waals surface area contributed by atoms with Crippen molar-refractivity contribution in [2.24, 2.45) is 5.41 Å². The lowest BCUT2D eigenvalue weighted by atomic mass is 9.64. The van der Waals surface area contributed by atoms with Crippen LogP contribution in [0.25, 0.3) is 0 Å². The molecule has 0 aromatic heterocycles. The van der Waals surface area contributed by atoms with Crippen LogP contribution >= 0.6 is 0 Å². The fourth-order valence-electron chi connectivity index (χ4n) is 2.61. The molecule has 1 fully saturated rings.